The molecule has 1 atom stereocenters. The molecule has 1 aliphatic carbocycles. The number of benzene rings is 1. The summed E-state index contributed by atoms with van der Waals surface area (Å²) in [5.41, 5.74) is 3.32. The van der Waals surface area contributed by atoms with E-state index < -0.39 is 0 Å². The van der Waals surface area contributed by atoms with E-state index in [-0.39, 0.29) is 23.5 Å². The number of aromatic nitrogens is 4. The second kappa shape index (κ2) is 6.67. The zero-order valence-corrected chi connectivity index (χ0v) is 14.3. The molecule has 0 bridgehead atoms. The smallest absolute Gasteiger partial charge is 0.271 e. The predicted molar refractivity (Wildman–Crippen MR) is 93.4 cm³/mol. The van der Waals surface area contributed by atoms with Crippen LogP contribution >= 0.6 is 0 Å². The molecular weight excluding hydrogens is 333 g/mol. The molecule has 132 valence electrons. The number of carbonyl (C=O) groups excluding carboxylic acids is 1. The first-order chi connectivity index (χ1) is 12.6. The van der Waals surface area contributed by atoms with Gasteiger partial charge in [-0.2, -0.15) is 5.10 Å². The summed E-state index contributed by atoms with van der Waals surface area (Å²) in [6.07, 6.45) is 7.24. The zero-order valence-electron chi connectivity index (χ0n) is 14.3. The van der Waals surface area contributed by atoms with Gasteiger partial charge in [0.25, 0.3) is 5.91 Å². The standard InChI is InChI=1S/C19H18FN5O/c1-12-9-22-16(11-21-12)19(26)24-15-6-4-8-17-13(15)10-23-25(17)18-7-3-2-5-14(18)20/h2-3,5,7,9-11,15H,4,6,8H2,1H3,(H,24,26)/t15-/m1/s1. The fraction of sp³-hybridized carbons (Fsp3) is 0.263. The summed E-state index contributed by atoms with van der Waals surface area (Å²) in [5, 5.41) is 7.37. The van der Waals surface area contributed by atoms with Gasteiger partial charge in [0.2, 0.25) is 0 Å². The number of fused-ring (bicyclic) bond motifs is 1. The molecule has 1 N–H and O–H groups in total. The summed E-state index contributed by atoms with van der Waals surface area (Å²) >= 11 is 0. The Morgan fingerprint density at radius 3 is 2.85 bits per heavy atom. The fourth-order valence-corrected chi connectivity index (χ4v) is 3.28. The molecule has 0 saturated heterocycles. The van der Waals surface area contributed by atoms with Crippen molar-refractivity contribution in [2.75, 3.05) is 0 Å². The molecule has 3 aromatic rings. The molecule has 4 rings (SSSR count). The first-order valence-corrected chi connectivity index (χ1v) is 8.54. The van der Waals surface area contributed by atoms with Crippen LogP contribution in [-0.2, 0) is 6.42 Å². The average Bonchev–Trinajstić information content (AvgIpc) is 3.07. The Balaban J connectivity index is 1.61. The highest BCUT2D eigenvalue weighted by Gasteiger charge is 2.27. The van der Waals surface area contributed by atoms with Crippen molar-refractivity contribution in [3.63, 3.8) is 0 Å². The molecule has 0 saturated carbocycles. The van der Waals surface area contributed by atoms with E-state index in [9.17, 15) is 9.18 Å². The largest absolute Gasteiger partial charge is 0.344 e. The average molecular weight is 351 g/mol. The van der Waals surface area contributed by atoms with E-state index in [0.717, 1.165) is 36.2 Å². The van der Waals surface area contributed by atoms with Crippen LogP contribution in [0.3, 0.4) is 0 Å². The van der Waals surface area contributed by atoms with E-state index in [1.165, 1.54) is 12.3 Å². The summed E-state index contributed by atoms with van der Waals surface area (Å²) in [4.78, 5) is 20.7. The van der Waals surface area contributed by atoms with Gasteiger partial charge in [-0.3, -0.25) is 9.78 Å². The minimum Gasteiger partial charge on any atom is -0.344 e. The van der Waals surface area contributed by atoms with Gasteiger partial charge in [0.15, 0.2) is 0 Å². The molecule has 0 radical (unpaired) electrons. The minimum atomic E-state index is -0.320. The first-order valence-electron chi connectivity index (χ1n) is 8.54. The van der Waals surface area contributed by atoms with Gasteiger partial charge in [-0.15, -0.1) is 0 Å². The summed E-state index contributed by atoms with van der Waals surface area (Å²) in [5.74, 6) is -0.589. The van der Waals surface area contributed by atoms with Crippen LogP contribution in [0, 0.1) is 12.7 Å². The minimum absolute atomic E-state index is 0.171. The number of hydrogen-bond donors (Lipinski definition) is 1. The van der Waals surface area contributed by atoms with Crippen molar-refractivity contribution in [1.82, 2.24) is 25.1 Å². The van der Waals surface area contributed by atoms with Crippen LogP contribution in [0.15, 0.2) is 42.9 Å². The van der Waals surface area contributed by atoms with Crippen molar-refractivity contribution in [2.45, 2.75) is 32.2 Å². The molecule has 26 heavy (non-hydrogen) atoms. The first kappa shape index (κ1) is 16.4. The van der Waals surface area contributed by atoms with Crippen molar-refractivity contribution < 1.29 is 9.18 Å². The van der Waals surface area contributed by atoms with Crippen molar-refractivity contribution in [3.05, 3.63) is 71.3 Å². The van der Waals surface area contributed by atoms with Gasteiger partial charge in [0, 0.05) is 17.5 Å². The Morgan fingerprint density at radius 1 is 1.23 bits per heavy atom. The van der Waals surface area contributed by atoms with Crippen LogP contribution in [0.25, 0.3) is 5.69 Å². The van der Waals surface area contributed by atoms with Crippen LogP contribution in [0.2, 0.25) is 0 Å². The maximum absolute atomic E-state index is 14.1. The molecule has 0 aliphatic heterocycles. The Hall–Kier alpha value is -3.09. The van der Waals surface area contributed by atoms with E-state index >= 15 is 0 Å². The van der Waals surface area contributed by atoms with E-state index in [0.29, 0.717) is 5.69 Å². The molecule has 0 unspecified atom stereocenters. The third kappa shape index (κ3) is 2.96. The van der Waals surface area contributed by atoms with Crippen LogP contribution in [0.1, 0.15) is 46.3 Å². The topological polar surface area (TPSA) is 72.7 Å². The van der Waals surface area contributed by atoms with Crippen LogP contribution < -0.4 is 5.32 Å². The van der Waals surface area contributed by atoms with Gasteiger partial charge < -0.3 is 5.32 Å². The summed E-state index contributed by atoms with van der Waals surface area (Å²) in [6.45, 7) is 1.82. The zero-order chi connectivity index (χ0) is 18.1. The Kier molecular flexibility index (Phi) is 4.20. The molecule has 6 nitrogen and oxygen atoms in total. The van der Waals surface area contributed by atoms with E-state index in [2.05, 4.69) is 20.4 Å². The lowest BCUT2D eigenvalue weighted by Gasteiger charge is -2.24. The normalized spacial score (nSPS) is 16.2. The fourth-order valence-electron chi connectivity index (χ4n) is 3.28. The van der Waals surface area contributed by atoms with Crippen LogP contribution in [0.4, 0.5) is 4.39 Å². The molecule has 1 aromatic carbocycles. The molecule has 0 spiro atoms. The van der Waals surface area contributed by atoms with Crippen molar-refractivity contribution in [2.24, 2.45) is 0 Å². The molecule has 0 fully saturated rings. The lowest BCUT2D eigenvalue weighted by atomic mass is 9.92. The highest BCUT2D eigenvalue weighted by Crippen LogP contribution is 2.31. The number of para-hydroxylation sites is 1. The number of carbonyl (C=O) groups is 1. The number of nitrogens with one attached hydrogen (secondary N) is 1. The highest BCUT2D eigenvalue weighted by molar-refractivity contribution is 5.92. The second-order valence-electron chi connectivity index (χ2n) is 6.37. The van der Waals surface area contributed by atoms with E-state index in [1.807, 2.05) is 6.92 Å². The van der Waals surface area contributed by atoms with Gasteiger partial charge >= 0.3 is 0 Å². The van der Waals surface area contributed by atoms with Crippen molar-refractivity contribution in [1.29, 1.82) is 0 Å². The van der Waals surface area contributed by atoms with Gasteiger partial charge in [0.1, 0.15) is 17.2 Å². The predicted octanol–water partition coefficient (Wildman–Crippen LogP) is 2.92. The number of aryl methyl sites for hydroxylation is 1. The Morgan fingerprint density at radius 2 is 2.08 bits per heavy atom. The third-order valence-electron chi connectivity index (χ3n) is 4.58. The number of amides is 1. The maximum Gasteiger partial charge on any atom is 0.271 e. The van der Waals surface area contributed by atoms with Crippen LogP contribution in [0.5, 0.6) is 0 Å². The van der Waals surface area contributed by atoms with E-state index in [1.54, 1.807) is 35.3 Å². The number of rotatable bonds is 3. The molecule has 1 amide bonds. The summed E-state index contributed by atoms with van der Waals surface area (Å²) in [6, 6.07) is 6.38. The second-order valence-corrected chi connectivity index (χ2v) is 6.37. The summed E-state index contributed by atoms with van der Waals surface area (Å²) in [7, 11) is 0. The Bertz CT molecular complexity index is 951. The van der Waals surface area contributed by atoms with Gasteiger partial charge in [-0.1, -0.05) is 12.1 Å². The van der Waals surface area contributed by atoms with Crippen LogP contribution in [-0.4, -0.2) is 25.7 Å². The number of halogens is 1. The third-order valence-corrected chi connectivity index (χ3v) is 4.58. The SMILES string of the molecule is Cc1cnc(C(=O)N[C@@H]2CCCc3c2cnn3-c2ccccc2F)cn1. The lowest BCUT2D eigenvalue weighted by Crippen LogP contribution is -2.31. The molecule has 2 aromatic heterocycles. The molecular formula is C19H18FN5O. The number of nitrogens with zero attached hydrogens (tertiary/aromatic N) is 4. The molecule has 2 heterocycles. The summed E-state index contributed by atoms with van der Waals surface area (Å²) < 4.78 is 15.8. The monoisotopic (exact) mass is 351 g/mol. The lowest BCUT2D eigenvalue weighted by molar-refractivity contribution is 0.0927. The van der Waals surface area contributed by atoms with Gasteiger partial charge in [-0.25, -0.2) is 14.1 Å². The van der Waals surface area contributed by atoms with Gasteiger partial charge in [-0.05, 0) is 38.3 Å². The molecule has 1 aliphatic rings. The quantitative estimate of drug-likeness (QED) is 0.787. The van der Waals surface area contributed by atoms with Crippen molar-refractivity contribution in [3.8, 4) is 5.69 Å². The highest BCUT2D eigenvalue weighted by atomic mass is 19.1. The van der Waals surface area contributed by atoms with Gasteiger partial charge in [0.05, 0.1) is 24.1 Å². The van der Waals surface area contributed by atoms with Crippen molar-refractivity contribution >= 4 is 5.91 Å². The number of hydrogen-bond acceptors (Lipinski definition) is 4. The molecule has 7 heteroatoms. The Labute approximate surface area is 150 Å². The van der Waals surface area contributed by atoms with E-state index in [4.69, 9.17) is 0 Å². The maximum atomic E-state index is 14.1.